The summed E-state index contributed by atoms with van der Waals surface area (Å²) in [6.45, 7) is 0.182. The largest absolute Gasteiger partial charge is 0.405 e. The molecule has 0 spiro atoms. The first-order valence-electron chi connectivity index (χ1n) is 10.3. The molecule has 2 aliphatic rings. The highest BCUT2D eigenvalue weighted by Crippen LogP contribution is 2.38. The van der Waals surface area contributed by atoms with E-state index in [2.05, 4.69) is 0 Å². The predicted octanol–water partition coefficient (Wildman–Crippen LogP) is 4.61. The number of amides is 1. The summed E-state index contributed by atoms with van der Waals surface area (Å²) < 4.78 is 39.0. The Kier molecular flexibility index (Phi) is 6.16. The molecular formula is C20H24F3N3O2S2. The summed E-state index contributed by atoms with van der Waals surface area (Å²) in [5.74, 6) is -0.713. The van der Waals surface area contributed by atoms with Crippen LogP contribution >= 0.6 is 23.1 Å². The molecule has 1 saturated carbocycles. The number of nitrogens with one attached hydrogen (secondary N) is 1. The fourth-order valence-electron chi connectivity index (χ4n) is 4.31. The number of carbonyl (C=O) groups is 1. The second kappa shape index (κ2) is 8.53. The van der Waals surface area contributed by atoms with Crippen molar-refractivity contribution >= 4 is 39.2 Å². The minimum Gasteiger partial charge on any atom is -0.346 e. The summed E-state index contributed by atoms with van der Waals surface area (Å²) in [5.41, 5.74) is 1.06. The number of carbonyl (C=O) groups excluding carboxylic acids is 1. The number of aromatic nitrogens is 2. The fourth-order valence-corrected chi connectivity index (χ4v) is 6.61. The molecule has 0 bridgehead atoms. The molecule has 2 heterocycles. The minimum atomic E-state index is -4.46. The van der Waals surface area contributed by atoms with Crippen molar-refractivity contribution in [3.05, 3.63) is 20.8 Å². The topological polar surface area (TPSA) is 64.0 Å². The molecule has 2 aromatic rings. The quantitative estimate of drug-likeness (QED) is 0.524. The lowest BCUT2D eigenvalue weighted by molar-refractivity contribution is -0.137. The summed E-state index contributed by atoms with van der Waals surface area (Å²) >= 11 is 2.61. The van der Waals surface area contributed by atoms with E-state index >= 15 is 0 Å². The number of alkyl halides is 3. The van der Waals surface area contributed by atoms with E-state index in [-0.39, 0.29) is 11.6 Å². The molecule has 0 saturated heterocycles. The molecule has 1 fully saturated rings. The van der Waals surface area contributed by atoms with Gasteiger partial charge >= 0.3 is 6.18 Å². The molecule has 0 radical (unpaired) electrons. The van der Waals surface area contributed by atoms with Gasteiger partial charge in [-0.05, 0) is 51.0 Å². The van der Waals surface area contributed by atoms with Crippen LogP contribution in [0.4, 0.5) is 13.2 Å². The molecule has 0 aromatic carbocycles. The SMILES string of the molecule is CC(Sc1nc2sc3c(c2c(=O)n1C1CCCC1)CCCC3)C(=O)NCC(F)(F)F. The van der Waals surface area contributed by atoms with Crippen molar-refractivity contribution in [2.24, 2.45) is 0 Å². The van der Waals surface area contributed by atoms with Crippen molar-refractivity contribution in [1.82, 2.24) is 14.9 Å². The van der Waals surface area contributed by atoms with Crippen molar-refractivity contribution in [2.75, 3.05) is 6.54 Å². The summed E-state index contributed by atoms with van der Waals surface area (Å²) in [5, 5.41) is 2.28. The van der Waals surface area contributed by atoms with Crippen LogP contribution in [0.2, 0.25) is 0 Å². The second-order valence-corrected chi connectivity index (χ2v) is 10.4. The van der Waals surface area contributed by atoms with Crippen molar-refractivity contribution in [2.45, 2.75) is 80.9 Å². The highest BCUT2D eigenvalue weighted by atomic mass is 32.2. The van der Waals surface area contributed by atoms with E-state index in [1.54, 1.807) is 22.8 Å². The zero-order valence-corrected chi connectivity index (χ0v) is 18.3. The number of aryl methyl sites for hydroxylation is 2. The Morgan fingerprint density at radius 1 is 1.27 bits per heavy atom. The van der Waals surface area contributed by atoms with Crippen molar-refractivity contribution in [3.63, 3.8) is 0 Å². The van der Waals surface area contributed by atoms with Gasteiger partial charge in [-0.1, -0.05) is 24.6 Å². The molecule has 30 heavy (non-hydrogen) atoms. The number of thiophene rings is 1. The molecular weight excluding hydrogens is 435 g/mol. The van der Waals surface area contributed by atoms with Crippen LogP contribution < -0.4 is 10.9 Å². The Balaban J connectivity index is 1.70. The van der Waals surface area contributed by atoms with Crippen LogP contribution in [0.25, 0.3) is 10.2 Å². The Hall–Kier alpha value is -1.55. The molecule has 1 unspecified atom stereocenters. The van der Waals surface area contributed by atoms with Gasteiger partial charge in [0.2, 0.25) is 5.91 Å². The molecule has 0 aliphatic heterocycles. The van der Waals surface area contributed by atoms with Crippen molar-refractivity contribution < 1.29 is 18.0 Å². The second-order valence-electron chi connectivity index (χ2n) is 7.99. The Bertz CT molecular complexity index is 1010. The van der Waals surface area contributed by atoms with Gasteiger partial charge in [0, 0.05) is 10.9 Å². The van der Waals surface area contributed by atoms with Gasteiger partial charge in [-0.15, -0.1) is 11.3 Å². The minimum absolute atomic E-state index is 0.0291. The smallest absolute Gasteiger partial charge is 0.346 e. The number of thioether (sulfide) groups is 1. The molecule has 1 atom stereocenters. The van der Waals surface area contributed by atoms with Gasteiger partial charge in [-0.3, -0.25) is 14.2 Å². The van der Waals surface area contributed by atoms with Crippen molar-refractivity contribution in [3.8, 4) is 0 Å². The summed E-state index contributed by atoms with van der Waals surface area (Å²) in [7, 11) is 0. The summed E-state index contributed by atoms with van der Waals surface area (Å²) in [6.07, 6.45) is 3.37. The Morgan fingerprint density at radius 2 is 1.97 bits per heavy atom. The third-order valence-electron chi connectivity index (χ3n) is 5.79. The maximum atomic E-state index is 13.5. The number of fused-ring (bicyclic) bond motifs is 3. The van der Waals surface area contributed by atoms with Crippen LogP contribution in [-0.4, -0.2) is 33.4 Å². The maximum absolute atomic E-state index is 13.5. The van der Waals surface area contributed by atoms with E-state index in [0.717, 1.165) is 68.7 Å². The maximum Gasteiger partial charge on any atom is 0.405 e. The number of hydrogen-bond donors (Lipinski definition) is 1. The average Bonchev–Trinajstić information content (AvgIpc) is 3.33. The van der Waals surface area contributed by atoms with Gasteiger partial charge in [0.05, 0.1) is 10.6 Å². The lowest BCUT2D eigenvalue weighted by atomic mass is 9.97. The van der Waals surface area contributed by atoms with E-state index in [1.807, 2.05) is 5.32 Å². The van der Waals surface area contributed by atoms with Gasteiger partial charge in [0.1, 0.15) is 11.4 Å². The Labute approximate surface area is 180 Å². The lowest BCUT2D eigenvalue weighted by Crippen LogP contribution is -2.38. The summed E-state index contributed by atoms with van der Waals surface area (Å²) in [6, 6.07) is 0.0291. The highest BCUT2D eigenvalue weighted by molar-refractivity contribution is 8.00. The Morgan fingerprint density at radius 3 is 2.67 bits per heavy atom. The zero-order chi connectivity index (χ0) is 21.5. The zero-order valence-electron chi connectivity index (χ0n) is 16.7. The normalized spacial score (nSPS) is 18.5. The van der Waals surface area contributed by atoms with Crippen LogP contribution in [0, 0.1) is 0 Å². The van der Waals surface area contributed by atoms with Crippen molar-refractivity contribution in [1.29, 1.82) is 0 Å². The molecule has 5 nitrogen and oxygen atoms in total. The predicted molar refractivity (Wildman–Crippen MR) is 112 cm³/mol. The fraction of sp³-hybridized carbons (Fsp3) is 0.650. The molecule has 10 heteroatoms. The van der Waals surface area contributed by atoms with Gasteiger partial charge < -0.3 is 5.32 Å². The van der Waals surface area contributed by atoms with Gasteiger partial charge in [-0.25, -0.2) is 4.98 Å². The number of halogens is 3. The molecule has 164 valence electrons. The van der Waals surface area contributed by atoms with E-state index in [4.69, 9.17) is 4.98 Å². The van der Waals surface area contributed by atoms with E-state index in [0.29, 0.717) is 15.4 Å². The third kappa shape index (κ3) is 4.39. The van der Waals surface area contributed by atoms with E-state index in [9.17, 15) is 22.8 Å². The van der Waals surface area contributed by atoms with Gasteiger partial charge in [0.15, 0.2) is 5.16 Å². The third-order valence-corrected chi connectivity index (χ3v) is 8.05. The first-order chi connectivity index (χ1) is 14.2. The number of rotatable bonds is 5. The monoisotopic (exact) mass is 459 g/mol. The van der Waals surface area contributed by atoms with Crippen LogP contribution in [0.1, 0.15) is 61.9 Å². The molecule has 4 rings (SSSR count). The van der Waals surface area contributed by atoms with Gasteiger partial charge in [0.25, 0.3) is 5.56 Å². The van der Waals surface area contributed by atoms with Crippen LogP contribution in [-0.2, 0) is 17.6 Å². The number of nitrogens with zero attached hydrogens (tertiary/aromatic N) is 2. The average molecular weight is 460 g/mol. The first kappa shape index (κ1) is 21.7. The molecule has 1 N–H and O–H groups in total. The highest BCUT2D eigenvalue weighted by Gasteiger charge is 2.31. The molecule has 2 aromatic heterocycles. The first-order valence-corrected chi connectivity index (χ1v) is 12.0. The summed E-state index contributed by atoms with van der Waals surface area (Å²) in [4.78, 5) is 32.4. The molecule has 1 amide bonds. The van der Waals surface area contributed by atoms with E-state index < -0.39 is 23.9 Å². The number of hydrogen-bond acceptors (Lipinski definition) is 5. The molecule has 2 aliphatic carbocycles. The van der Waals surface area contributed by atoms with Crippen LogP contribution in [0.3, 0.4) is 0 Å². The van der Waals surface area contributed by atoms with E-state index in [1.165, 1.54) is 4.88 Å². The van der Waals surface area contributed by atoms with Gasteiger partial charge in [-0.2, -0.15) is 13.2 Å². The van der Waals surface area contributed by atoms with Crippen LogP contribution in [0.5, 0.6) is 0 Å². The lowest BCUT2D eigenvalue weighted by Gasteiger charge is -2.20. The standard InChI is InChI=1S/C20H24F3N3O2S2/c1-11(16(27)24-10-20(21,22)23)29-19-25-17-15(13-8-4-5-9-14(13)30-17)18(28)26(19)12-6-2-3-7-12/h11-12H,2-10H2,1H3,(H,24,27). The van der Waals surface area contributed by atoms with Crippen LogP contribution in [0.15, 0.2) is 9.95 Å².